The number of aromatic nitrogens is 2. The van der Waals surface area contributed by atoms with E-state index in [1.807, 2.05) is 0 Å². The normalized spacial score (nSPS) is 14.4. The maximum Gasteiger partial charge on any atom is 0.336 e. The lowest BCUT2D eigenvalue weighted by atomic mass is 9.89. The third-order valence-corrected chi connectivity index (χ3v) is 5.41. The minimum Gasteiger partial charge on any atom is -0.491 e. The summed E-state index contributed by atoms with van der Waals surface area (Å²) in [5, 5.41) is 9.89. The van der Waals surface area contributed by atoms with Crippen molar-refractivity contribution in [2.24, 2.45) is 0 Å². The molecule has 0 unspecified atom stereocenters. The highest BCUT2D eigenvalue weighted by molar-refractivity contribution is 5.95. The number of carboxylic acid groups (broad SMARTS) is 1. The van der Waals surface area contributed by atoms with Crippen LogP contribution in [0.2, 0.25) is 0 Å². The standard InChI is InChI=1S/C22H20F2N2O3/c1-2-29-20-10-19-16(9-18(20)24)21(26-11-25-19)15-7-13(12-5-3-4-6-12)14(22(27)28)8-17(15)23/h7-12H,2-6H2,1H3,(H,27,28). The summed E-state index contributed by atoms with van der Waals surface area (Å²) < 4.78 is 34.7. The molecular formula is C22H20F2N2O3. The van der Waals surface area contributed by atoms with Crippen LogP contribution in [0.25, 0.3) is 22.2 Å². The van der Waals surface area contributed by atoms with Crippen molar-refractivity contribution >= 4 is 16.9 Å². The van der Waals surface area contributed by atoms with Crippen LogP contribution in [0.4, 0.5) is 8.78 Å². The number of hydrogen-bond donors (Lipinski definition) is 1. The number of benzene rings is 2. The van der Waals surface area contributed by atoms with Gasteiger partial charge in [0.15, 0.2) is 11.6 Å². The van der Waals surface area contributed by atoms with Crippen LogP contribution in [0.1, 0.15) is 54.4 Å². The van der Waals surface area contributed by atoms with Crippen LogP contribution in [-0.2, 0) is 0 Å². The first-order chi connectivity index (χ1) is 14.0. The molecule has 0 atom stereocenters. The largest absolute Gasteiger partial charge is 0.491 e. The molecule has 0 saturated heterocycles. The second kappa shape index (κ2) is 7.73. The highest BCUT2D eigenvalue weighted by atomic mass is 19.1. The first-order valence-corrected chi connectivity index (χ1v) is 9.63. The van der Waals surface area contributed by atoms with Crippen molar-refractivity contribution in [3.63, 3.8) is 0 Å². The Labute approximate surface area is 166 Å². The summed E-state index contributed by atoms with van der Waals surface area (Å²) in [4.78, 5) is 20.0. The Hall–Kier alpha value is -3.09. The van der Waals surface area contributed by atoms with E-state index >= 15 is 0 Å². The van der Waals surface area contributed by atoms with Crippen LogP contribution in [0.3, 0.4) is 0 Å². The molecule has 0 aliphatic heterocycles. The lowest BCUT2D eigenvalue weighted by molar-refractivity contribution is 0.0694. The molecule has 150 valence electrons. The number of fused-ring (bicyclic) bond motifs is 1. The first kappa shape index (κ1) is 19.2. The molecular weight excluding hydrogens is 378 g/mol. The van der Waals surface area contributed by atoms with Crippen LogP contribution in [0.15, 0.2) is 30.6 Å². The number of rotatable bonds is 5. The van der Waals surface area contributed by atoms with Gasteiger partial charge in [-0.25, -0.2) is 23.5 Å². The fourth-order valence-electron chi connectivity index (χ4n) is 4.07. The first-order valence-electron chi connectivity index (χ1n) is 9.63. The molecule has 0 radical (unpaired) electrons. The van der Waals surface area contributed by atoms with Gasteiger partial charge < -0.3 is 9.84 Å². The maximum absolute atomic E-state index is 14.9. The third-order valence-electron chi connectivity index (χ3n) is 5.41. The van der Waals surface area contributed by atoms with Gasteiger partial charge in [0.1, 0.15) is 12.1 Å². The van der Waals surface area contributed by atoms with Crippen LogP contribution < -0.4 is 4.74 Å². The topological polar surface area (TPSA) is 72.3 Å². The van der Waals surface area contributed by atoms with Crippen LogP contribution >= 0.6 is 0 Å². The molecule has 3 aromatic rings. The lowest BCUT2D eigenvalue weighted by Gasteiger charge is -2.16. The fraction of sp³-hybridized carbons (Fsp3) is 0.318. The molecule has 0 spiro atoms. The van der Waals surface area contributed by atoms with E-state index in [0.717, 1.165) is 31.7 Å². The third kappa shape index (κ3) is 3.52. The molecule has 0 bridgehead atoms. The summed E-state index contributed by atoms with van der Waals surface area (Å²) in [5.41, 5.74) is 1.37. The zero-order chi connectivity index (χ0) is 20.5. The summed E-state index contributed by atoms with van der Waals surface area (Å²) in [5.74, 6) is -2.32. The molecule has 1 fully saturated rings. The van der Waals surface area contributed by atoms with Crippen LogP contribution in [-0.4, -0.2) is 27.7 Å². The molecule has 2 aromatic carbocycles. The highest BCUT2D eigenvalue weighted by Gasteiger charge is 2.26. The smallest absolute Gasteiger partial charge is 0.336 e. The van der Waals surface area contributed by atoms with Crippen molar-refractivity contribution < 1.29 is 23.4 Å². The average Bonchev–Trinajstić information content (AvgIpc) is 3.23. The van der Waals surface area contributed by atoms with Gasteiger partial charge in [0.2, 0.25) is 0 Å². The highest BCUT2D eigenvalue weighted by Crippen LogP contribution is 2.39. The van der Waals surface area contributed by atoms with Gasteiger partial charge in [-0.2, -0.15) is 0 Å². The Morgan fingerprint density at radius 3 is 2.59 bits per heavy atom. The average molecular weight is 398 g/mol. The van der Waals surface area contributed by atoms with Gasteiger partial charge in [0, 0.05) is 17.0 Å². The van der Waals surface area contributed by atoms with Crippen molar-refractivity contribution in [2.75, 3.05) is 6.61 Å². The number of carbonyl (C=O) groups is 1. The van der Waals surface area contributed by atoms with Gasteiger partial charge in [-0.05, 0) is 49.4 Å². The number of hydrogen-bond acceptors (Lipinski definition) is 4. The molecule has 1 aliphatic rings. The fourth-order valence-corrected chi connectivity index (χ4v) is 4.07. The van der Waals surface area contributed by atoms with E-state index in [2.05, 4.69) is 9.97 Å². The molecule has 1 heterocycles. The van der Waals surface area contributed by atoms with Gasteiger partial charge in [-0.3, -0.25) is 0 Å². The van der Waals surface area contributed by atoms with Crippen LogP contribution in [0, 0.1) is 11.6 Å². The zero-order valence-corrected chi connectivity index (χ0v) is 15.9. The number of carboxylic acids is 1. The molecule has 29 heavy (non-hydrogen) atoms. The molecule has 1 saturated carbocycles. The van der Waals surface area contributed by atoms with E-state index in [9.17, 15) is 18.7 Å². The van der Waals surface area contributed by atoms with Crippen LogP contribution in [0.5, 0.6) is 5.75 Å². The minimum absolute atomic E-state index is 0.0266. The summed E-state index contributed by atoms with van der Waals surface area (Å²) >= 11 is 0. The molecule has 1 N–H and O–H groups in total. The molecule has 7 heteroatoms. The number of ether oxygens (including phenoxy) is 1. The predicted molar refractivity (Wildman–Crippen MR) is 104 cm³/mol. The zero-order valence-electron chi connectivity index (χ0n) is 15.9. The minimum atomic E-state index is -1.16. The van der Waals surface area contributed by atoms with Gasteiger partial charge >= 0.3 is 5.97 Å². The Bertz CT molecular complexity index is 1100. The van der Waals surface area contributed by atoms with Crippen molar-refractivity contribution in [1.82, 2.24) is 9.97 Å². The van der Waals surface area contributed by atoms with Crippen molar-refractivity contribution in [1.29, 1.82) is 0 Å². The van der Waals surface area contributed by atoms with Gasteiger partial charge in [-0.1, -0.05) is 12.8 Å². The number of aromatic carboxylic acids is 1. The monoisotopic (exact) mass is 398 g/mol. The summed E-state index contributed by atoms with van der Waals surface area (Å²) in [6.07, 6.45) is 5.03. The van der Waals surface area contributed by atoms with E-state index in [-0.39, 0.29) is 28.5 Å². The lowest BCUT2D eigenvalue weighted by Crippen LogP contribution is -2.08. The molecule has 5 nitrogen and oxygen atoms in total. The number of nitrogens with zero attached hydrogens (tertiary/aromatic N) is 2. The summed E-state index contributed by atoms with van der Waals surface area (Å²) in [6, 6.07) is 5.30. The van der Waals surface area contributed by atoms with E-state index in [0.29, 0.717) is 23.1 Å². The Morgan fingerprint density at radius 2 is 1.90 bits per heavy atom. The Kier molecular flexibility index (Phi) is 5.13. The van der Waals surface area contributed by atoms with E-state index in [1.54, 1.807) is 13.0 Å². The second-order valence-electron chi connectivity index (χ2n) is 7.16. The predicted octanol–water partition coefficient (Wildman–Crippen LogP) is 5.33. The SMILES string of the molecule is CCOc1cc2ncnc(-c3cc(C4CCCC4)c(C(=O)O)cc3F)c2cc1F. The number of halogens is 2. The molecule has 1 aromatic heterocycles. The Balaban J connectivity index is 1.92. The molecule has 0 amide bonds. The van der Waals surface area contributed by atoms with Gasteiger partial charge in [-0.15, -0.1) is 0 Å². The Morgan fingerprint density at radius 1 is 1.14 bits per heavy atom. The second-order valence-corrected chi connectivity index (χ2v) is 7.16. The van der Waals surface area contributed by atoms with Crippen molar-refractivity contribution in [3.8, 4) is 17.0 Å². The molecule has 1 aliphatic carbocycles. The summed E-state index contributed by atoms with van der Waals surface area (Å²) in [6.45, 7) is 2.05. The quantitative estimate of drug-likeness (QED) is 0.629. The van der Waals surface area contributed by atoms with Crippen molar-refractivity contribution in [3.05, 3.63) is 53.4 Å². The van der Waals surface area contributed by atoms with Crippen molar-refractivity contribution in [2.45, 2.75) is 38.5 Å². The molecule has 4 rings (SSSR count). The van der Waals surface area contributed by atoms with E-state index in [1.165, 1.54) is 18.5 Å². The van der Waals surface area contributed by atoms with E-state index < -0.39 is 17.6 Å². The van der Waals surface area contributed by atoms with Gasteiger partial charge in [0.25, 0.3) is 0 Å². The summed E-state index contributed by atoms with van der Waals surface area (Å²) in [7, 11) is 0. The maximum atomic E-state index is 14.9. The van der Waals surface area contributed by atoms with Gasteiger partial charge in [0.05, 0.1) is 23.4 Å². The van der Waals surface area contributed by atoms with E-state index in [4.69, 9.17) is 4.74 Å².